The number of carbonyl (C=O) groups excluding carboxylic acids is 2. The molecular formula is C21H34N2O4. The highest BCUT2D eigenvalue weighted by atomic mass is 16.5. The van der Waals surface area contributed by atoms with E-state index in [-0.39, 0.29) is 18.3 Å². The van der Waals surface area contributed by atoms with Gasteiger partial charge in [0.05, 0.1) is 26.1 Å². The van der Waals surface area contributed by atoms with Crippen LogP contribution < -0.4 is 4.74 Å². The quantitative estimate of drug-likeness (QED) is 0.494. The molecule has 0 saturated carbocycles. The summed E-state index contributed by atoms with van der Waals surface area (Å²) in [5.74, 6) is 0.559. The number of benzene rings is 1. The van der Waals surface area contributed by atoms with Crippen molar-refractivity contribution in [1.82, 2.24) is 9.80 Å². The highest BCUT2D eigenvalue weighted by Crippen LogP contribution is 2.13. The van der Waals surface area contributed by atoms with Crippen LogP contribution in [0.15, 0.2) is 24.3 Å². The molecular weight excluding hydrogens is 344 g/mol. The number of likely N-dealkylation sites (N-methyl/N-ethyl adjacent to an activating group) is 1. The Hall–Kier alpha value is -2.08. The molecule has 0 N–H and O–H groups in total. The number of nitrogens with zero attached hydrogens (tertiary/aromatic N) is 2. The highest BCUT2D eigenvalue weighted by Gasteiger charge is 2.17. The largest absolute Gasteiger partial charge is 0.494 e. The number of hydrogen-bond acceptors (Lipinski definition) is 5. The molecule has 1 amide bonds. The SMILES string of the molecule is CCOC(=O)CCN(CCN(CC)CC)C(=O)Cc1ccc(OCC)cc1. The van der Waals surface area contributed by atoms with E-state index in [1.54, 1.807) is 11.8 Å². The van der Waals surface area contributed by atoms with E-state index >= 15 is 0 Å². The van der Waals surface area contributed by atoms with Crippen molar-refractivity contribution >= 4 is 11.9 Å². The molecule has 0 radical (unpaired) electrons. The van der Waals surface area contributed by atoms with Gasteiger partial charge < -0.3 is 19.3 Å². The van der Waals surface area contributed by atoms with E-state index in [4.69, 9.17) is 9.47 Å². The second-order valence-corrected chi connectivity index (χ2v) is 6.22. The Morgan fingerprint density at radius 1 is 0.889 bits per heavy atom. The molecule has 0 aliphatic carbocycles. The number of ether oxygens (including phenoxy) is 2. The van der Waals surface area contributed by atoms with Crippen molar-refractivity contribution in [2.75, 3.05) is 45.9 Å². The first-order chi connectivity index (χ1) is 13.0. The van der Waals surface area contributed by atoms with Gasteiger partial charge in [0.15, 0.2) is 0 Å². The molecule has 0 saturated heterocycles. The number of hydrogen-bond donors (Lipinski definition) is 0. The highest BCUT2D eigenvalue weighted by molar-refractivity contribution is 5.79. The van der Waals surface area contributed by atoms with Gasteiger partial charge in [-0.1, -0.05) is 26.0 Å². The fraction of sp³-hybridized carbons (Fsp3) is 0.619. The van der Waals surface area contributed by atoms with Gasteiger partial charge in [0.1, 0.15) is 5.75 Å². The van der Waals surface area contributed by atoms with Crippen LogP contribution in [0.2, 0.25) is 0 Å². The zero-order valence-corrected chi connectivity index (χ0v) is 17.2. The molecule has 1 aromatic carbocycles. The van der Waals surface area contributed by atoms with Crippen LogP contribution in [-0.2, 0) is 20.7 Å². The van der Waals surface area contributed by atoms with Crippen LogP contribution in [-0.4, -0.2) is 67.6 Å². The van der Waals surface area contributed by atoms with E-state index in [1.807, 2.05) is 31.2 Å². The zero-order valence-electron chi connectivity index (χ0n) is 17.2. The molecule has 0 atom stereocenters. The minimum Gasteiger partial charge on any atom is -0.494 e. The first-order valence-electron chi connectivity index (χ1n) is 9.91. The molecule has 0 bridgehead atoms. The predicted octanol–water partition coefficient (Wildman–Crippen LogP) is 2.75. The van der Waals surface area contributed by atoms with E-state index in [2.05, 4.69) is 18.7 Å². The van der Waals surface area contributed by atoms with Gasteiger partial charge in [-0.3, -0.25) is 9.59 Å². The van der Waals surface area contributed by atoms with Gasteiger partial charge in [0.25, 0.3) is 0 Å². The summed E-state index contributed by atoms with van der Waals surface area (Å²) in [7, 11) is 0. The molecule has 0 unspecified atom stereocenters. The summed E-state index contributed by atoms with van der Waals surface area (Å²) >= 11 is 0. The van der Waals surface area contributed by atoms with Crippen LogP contribution in [0.25, 0.3) is 0 Å². The van der Waals surface area contributed by atoms with Crippen LogP contribution in [0.3, 0.4) is 0 Å². The Labute approximate surface area is 163 Å². The van der Waals surface area contributed by atoms with E-state index in [0.717, 1.165) is 30.9 Å². The van der Waals surface area contributed by atoms with E-state index in [0.29, 0.717) is 32.7 Å². The molecule has 0 fully saturated rings. The van der Waals surface area contributed by atoms with Gasteiger partial charge in [-0.15, -0.1) is 0 Å². The van der Waals surface area contributed by atoms with Crippen LogP contribution >= 0.6 is 0 Å². The lowest BCUT2D eigenvalue weighted by Gasteiger charge is -2.26. The summed E-state index contributed by atoms with van der Waals surface area (Å²) in [5, 5.41) is 0. The van der Waals surface area contributed by atoms with Crippen LogP contribution in [0.5, 0.6) is 5.75 Å². The summed E-state index contributed by atoms with van der Waals surface area (Å²) in [6, 6.07) is 7.59. The van der Waals surface area contributed by atoms with Crippen molar-refractivity contribution in [3.05, 3.63) is 29.8 Å². The Bertz CT molecular complexity index is 556. The standard InChI is InChI=1S/C21H34N2O4/c1-5-22(6-2)15-16-23(14-13-21(25)27-8-4)20(24)17-18-9-11-19(12-10-18)26-7-3/h9-12H,5-8,13-17H2,1-4H3. The zero-order chi connectivity index (χ0) is 20.1. The fourth-order valence-corrected chi connectivity index (χ4v) is 2.78. The van der Waals surface area contributed by atoms with Crippen LogP contribution in [0, 0.1) is 0 Å². The molecule has 0 heterocycles. The first-order valence-corrected chi connectivity index (χ1v) is 9.91. The van der Waals surface area contributed by atoms with Crippen LogP contribution in [0.4, 0.5) is 0 Å². The van der Waals surface area contributed by atoms with Crippen molar-refractivity contribution in [2.45, 2.75) is 40.5 Å². The minimum absolute atomic E-state index is 0.0237. The Morgan fingerprint density at radius 3 is 2.11 bits per heavy atom. The third kappa shape index (κ3) is 8.91. The third-order valence-electron chi connectivity index (χ3n) is 4.41. The van der Waals surface area contributed by atoms with Crippen molar-refractivity contribution < 1.29 is 19.1 Å². The van der Waals surface area contributed by atoms with Crippen molar-refractivity contribution in [1.29, 1.82) is 0 Å². The Balaban J connectivity index is 2.69. The summed E-state index contributed by atoms with van der Waals surface area (Å²) < 4.78 is 10.4. The van der Waals surface area contributed by atoms with E-state index in [1.165, 1.54) is 0 Å². The Morgan fingerprint density at radius 2 is 1.56 bits per heavy atom. The number of amides is 1. The van der Waals surface area contributed by atoms with Gasteiger partial charge in [-0.2, -0.15) is 0 Å². The van der Waals surface area contributed by atoms with Crippen LogP contribution in [0.1, 0.15) is 39.7 Å². The van der Waals surface area contributed by atoms with Gasteiger partial charge in [-0.25, -0.2) is 0 Å². The summed E-state index contributed by atoms with van der Waals surface area (Å²) in [6.45, 7) is 12.6. The molecule has 152 valence electrons. The van der Waals surface area contributed by atoms with Gasteiger partial charge >= 0.3 is 5.97 Å². The molecule has 27 heavy (non-hydrogen) atoms. The smallest absolute Gasteiger partial charge is 0.307 e. The maximum absolute atomic E-state index is 12.8. The van der Waals surface area contributed by atoms with E-state index in [9.17, 15) is 9.59 Å². The topological polar surface area (TPSA) is 59.1 Å². The maximum Gasteiger partial charge on any atom is 0.307 e. The molecule has 0 spiro atoms. The van der Waals surface area contributed by atoms with Gasteiger partial charge in [0, 0.05) is 19.6 Å². The van der Waals surface area contributed by atoms with E-state index < -0.39 is 0 Å². The monoisotopic (exact) mass is 378 g/mol. The molecule has 1 aromatic rings. The van der Waals surface area contributed by atoms with Gasteiger partial charge in [-0.05, 0) is 44.6 Å². The average molecular weight is 379 g/mol. The summed E-state index contributed by atoms with van der Waals surface area (Å²) in [6.07, 6.45) is 0.536. The number of esters is 1. The first kappa shape index (κ1) is 23.0. The summed E-state index contributed by atoms with van der Waals surface area (Å²) in [4.78, 5) is 28.5. The molecule has 6 heteroatoms. The lowest BCUT2D eigenvalue weighted by atomic mass is 10.1. The molecule has 1 rings (SSSR count). The van der Waals surface area contributed by atoms with Crippen molar-refractivity contribution in [2.24, 2.45) is 0 Å². The third-order valence-corrected chi connectivity index (χ3v) is 4.41. The van der Waals surface area contributed by atoms with Gasteiger partial charge in [0.2, 0.25) is 5.91 Å². The average Bonchev–Trinajstić information content (AvgIpc) is 2.66. The molecule has 0 aromatic heterocycles. The maximum atomic E-state index is 12.8. The summed E-state index contributed by atoms with van der Waals surface area (Å²) in [5.41, 5.74) is 0.937. The molecule has 6 nitrogen and oxygen atoms in total. The lowest BCUT2D eigenvalue weighted by Crippen LogP contribution is -2.40. The number of carbonyl (C=O) groups is 2. The molecule has 0 aliphatic rings. The van der Waals surface area contributed by atoms with Crippen molar-refractivity contribution in [3.63, 3.8) is 0 Å². The predicted molar refractivity (Wildman–Crippen MR) is 107 cm³/mol. The molecule has 0 aliphatic heterocycles. The lowest BCUT2D eigenvalue weighted by molar-refractivity contribution is -0.144. The minimum atomic E-state index is -0.265. The number of rotatable bonds is 13. The fourth-order valence-electron chi connectivity index (χ4n) is 2.78. The second-order valence-electron chi connectivity index (χ2n) is 6.22. The normalized spacial score (nSPS) is 10.7. The second kappa shape index (κ2) is 13.1. The Kier molecular flexibility index (Phi) is 11.2. The van der Waals surface area contributed by atoms with Crippen molar-refractivity contribution in [3.8, 4) is 5.75 Å².